The summed E-state index contributed by atoms with van der Waals surface area (Å²) in [5.41, 5.74) is 2.05. The van der Waals surface area contributed by atoms with Crippen molar-refractivity contribution in [3.05, 3.63) is 35.9 Å². The summed E-state index contributed by atoms with van der Waals surface area (Å²) < 4.78 is 3.65. The molecule has 4 saturated heterocycles. The van der Waals surface area contributed by atoms with Gasteiger partial charge in [-0.3, -0.25) is 0 Å². The number of benzene rings is 1. The molecule has 0 amide bonds. The highest BCUT2D eigenvalue weighted by Crippen LogP contribution is 2.49. The molecular weight excluding hydrogens is 585 g/mol. The van der Waals surface area contributed by atoms with Crippen molar-refractivity contribution in [3.8, 4) is 0 Å². The molecule has 0 spiro atoms. The van der Waals surface area contributed by atoms with Gasteiger partial charge < -0.3 is 0 Å². The molecule has 0 atom stereocenters. The van der Waals surface area contributed by atoms with Gasteiger partial charge in [-0.15, -0.1) is 0 Å². The zero-order valence-corrected chi connectivity index (χ0v) is 31.1. The maximum Gasteiger partial charge on any atom is 0.149 e. The number of hydrogen-bond donors (Lipinski definition) is 0. The van der Waals surface area contributed by atoms with E-state index >= 15 is 0 Å². The van der Waals surface area contributed by atoms with Crippen LogP contribution in [0.15, 0.2) is 30.3 Å². The minimum atomic E-state index is 0.247. The quantitative estimate of drug-likeness (QED) is 0.351. The maximum absolute atomic E-state index is 2.32. The van der Waals surface area contributed by atoms with E-state index in [0.717, 1.165) is 24.2 Å². The molecule has 5 rings (SSSR count). The summed E-state index contributed by atoms with van der Waals surface area (Å²) in [6.45, 7) is 13.9. The van der Waals surface area contributed by atoms with Gasteiger partial charge >= 0.3 is 0 Å². The average molecular weight is 621 g/mol. The molecule has 0 aliphatic carbocycles. The van der Waals surface area contributed by atoms with Crippen molar-refractivity contribution < 1.29 is 0 Å². The average Bonchev–Trinajstić information content (AvgIpc) is 2.49. The predicted molar refractivity (Wildman–Crippen MR) is 175 cm³/mol. The van der Waals surface area contributed by atoms with Crippen LogP contribution in [-0.2, 0) is 0 Å². The molecule has 0 nitrogen and oxygen atoms in total. The van der Waals surface area contributed by atoms with E-state index in [1.54, 1.807) is 0 Å². The Morgan fingerprint density at radius 1 is 0.733 bits per heavy atom. The van der Waals surface area contributed by atoms with Crippen LogP contribution < -0.4 is 0 Å². The summed E-state index contributed by atoms with van der Waals surface area (Å²) >= 11 is 17.5. The molecule has 0 bridgehead atoms. The summed E-state index contributed by atoms with van der Waals surface area (Å²) in [7, 11) is 1.30. The highest BCUT2D eigenvalue weighted by Gasteiger charge is 2.31. The Morgan fingerprint density at radius 3 is 1.37 bits per heavy atom. The molecule has 0 aromatic heterocycles. The van der Waals surface area contributed by atoms with E-state index in [-0.39, 0.29) is 7.82 Å². The third-order valence-corrected chi connectivity index (χ3v) is 42.5. The highest BCUT2D eigenvalue weighted by molar-refractivity contribution is 8.65. The van der Waals surface area contributed by atoms with Crippen LogP contribution >= 0.6 is 89.7 Å². The van der Waals surface area contributed by atoms with Gasteiger partial charge in [-0.25, -0.2) is 0 Å². The zero-order chi connectivity index (χ0) is 22.0. The minimum absolute atomic E-state index is 0.247. The lowest BCUT2D eigenvalue weighted by Gasteiger charge is -2.36. The molecule has 0 N–H and O–H groups in total. The van der Waals surface area contributed by atoms with Crippen LogP contribution in [0.1, 0.15) is 51.7 Å². The molecule has 4 aliphatic heterocycles. The number of hydrogen-bond acceptors (Lipinski definition) is 8. The van der Waals surface area contributed by atoms with Crippen molar-refractivity contribution in [1.82, 2.24) is 0 Å². The molecule has 4 heterocycles. The Bertz CT molecular complexity index is 573. The third kappa shape index (κ3) is 11.5. The van der Waals surface area contributed by atoms with Gasteiger partial charge in [0.05, 0.1) is 4.58 Å². The fraction of sp³-hybridized carbons (Fsp3) is 0.667. The van der Waals surface area contributed by atoms with Gasteiger partial charge in [0.1, 0.15) is 31.3 Å². The van der Waals surface area contributed by atoms with Crippen molar-refractivity contribution in [2.24, 2.45) is 11.3 Å². The molecule has 30 heavy (non-hydrogen) atoms. The van der Waals surface area contributed by atoms with Crippen molar-refractivity contribution in [2.45, 2.75) is 59.9 Å². The standard InChI is InChI=1S/C7H8S2Si.C5H12S2Si.C4H10S2Si.C2H6S2Si/c1-2-4-6(5-3-1)7-8-10-9-7;1-5(2,3)4-6-8-7-4;1-3(2)4-5-7-6-4;1-2-3-5-4-2/h1-5,7H,10H2;4H,8H2,1-3H3;3-4H,7H2,1-2H3;2H,5H2,1H3. The Labute approximate surface area is 225 Å². The fourth-order valence-corrected chi connectivity index (χ4v) is 27.4. The van der Waals surface area contributed by atoms with E-state index in [1.807, 2.05) is 0 Å². The molecule has 1 aromatic rings. The summed E-state index contributed by atoms with van der Waals surface area (Å²) in [4.78, 5) is 0. The first kappa shape index (κ1) is 29.1. The van der Waals surface area contributed by atoms with E-state index in [0.29, 0.717) is 28.9 Å². The third-order valence-electron chi connectivity index (χ3n) is 4.27. The van der Waals surface area contributed by atoms with Crippen molar-refractivity contribution in [1.29, 1.82) is 0 Å². The van der Waals surface area contributed by atoms with Crippen molar-refractivity contribution in [2.75, 3.05) is 0 Å². The molecule has 172 valence electrons. The molecule has 0 radical (unpaired) electrons. The second-order valence-electron chi connectivity index (χ2n) is 8.43. The molecule has 0 unspecified atom stereocenters. The van der Waals surface area contributed by atoms with Crippen molar-refractivity contribution >= 4 is 121 Å². The molecule has 4 aliphatic rings. The van der Waals surface area contributed by atoms with E-state index in [2.05, 4.69) is 162 Å². The van der Waals surface area contributed by atoms with Crippen LogP contribution in [0, 0.1) is 11.3 Å². The first-order valence-electron chi connectivity index (χ1n) is 10.2. The van der Waals surface area contributed by atoms with Crippen LogP contribution in [0.2, 0.25) is 0 Å². The zero-order valence-electron chi connectivity index (χ0n) is 18.9. The lowest BCUT2D eigenvalue weighted by atomic mass is 10.0. The normalized spacial score (nSPS) is 32.2. The molecule has 0 saturated carbocycles. The Morgan fingerprint density at radius 2 is 1.20 bits per heavy atom. The van der Waals surface area contributed by atoms with Gasteiger partial charge in [0.25, 0.3) is 0 Å². The maximum atomic E-state index is 2.32. The van der Waals surface area contributed by atoms with Crippen LogP contribution in [0.5, 0.6) is 0 Å². The summed E-state index contributed by atoms with van der Waals surface area (Å²) in [6.07, 6.45) is 0. The molecule has 1 aromatic carbocycles. The van der Waals surface area contributed by atoms with Gasteiger partial charge in [-0.1, -0.05) is 65.0 Å². The van der Waals surface area contributed by atoms with E-state index < -0.39 is 0 Å². The highest BCUT2D eigenvalue weighted by atomic mass is 32.6. The van der Waals surface area contributed by atoms with Crippen LogP contribution in [0.25, 0.3) is 0 Å². The molecule has 12 heteroatoms. The van der Waals surface area contributed by atoms with Gasteiger partial charge in [-0.05, 0) is 23.8 Å². The monoisotopic (exact) mass is 620 g/mol. The summed E-state index contributed by atoms with van der Waals surface area (Å²) in [5.74, 6) is 0.913. The van der Waals surface area contributed by atoms with Crippen LogP contribution in [0.4, 0.5) is 0 Å². The molecule has 4 fully saturated rings. The lowest BCUT2D eigenvalue weighted by Crippen LogP contribution is -2.26. The van der Waals surface area contributed by atoms with E-state index in [1.165, 1.54) is 5.56 Å². The Hall–Kier alpha value is 2.89. The largest absolute Gasteiger partial charge is 0.167 e. The van der Waals surface area contributed by atoms with E-state index in [4.69, 9.17) is 0 Å². The van der Waals surface area contributed by atoms with Crippen molar-refractivity contribution in [3.63, 3.8) is 0 Å². The topological polar surface area (TPSA) is 0 Å². The van der Waals surface area contributed by atoms with Gasteiger partial charge in [-0.2, -0.15) is 89.7 Å². The summed E-state index contributed by atoms with van der Waals surface area (Å²) in [5, 5.41) is 0. The van der Waals surface area contributed by atoms with Crippen LogP contribution in [0.3, 0.4) is 0 Å². The summed E-state index contributed by atoms with van der Waals surface area (Å²) in [6, 6.07) is 10.8. The number of rotatable bonds is 2. The smallest absolute Gasteiger partial charge is 0.149 e. The lowest BCUT2D eigenvalue weighted by molar-refractivity contribution is 0.461. The second kappa shape index (κ2) is 15.8. The van der Waals surface area contributed by atoms with Gasteiger partial charge in [0, 0.05) is 13.7 Å². The minimum Gasteiger partial charge on any atom is -0.167 e. The second-order valence-corrected chi connectivity index (χ2v) is 36.9. The van der Waals surface area contributed by atoms with E-state index in [9.17, 15) is 0 Å². The molecular formula is C18H36S8Si4. The first-order chi connectivity index (χ1) is 14.3. The Kier molecular flexibility index (Phi) is 15.3. The first-order valence-corrected chi connectivity index (χ1v) is 32.5. The van der Waals surface area contributed by atoms with Gasteiger partial charge in [0.2, 0.25) is 0 Å². The Balaban J connectivity index is 0.000000147. The predicted octanol–water partition coefficient (Wildman–Crippen LogP) is 6.26. The SMILES string of the molecule is CC(C)(C)C1S[SiH2]S1.CC(C)C1S[SiH2]S1.CC1S[SiH2]S1.c1ccc(C2S[SiH2]S2)cc1. The van der Waals surface area contributed by atoms with Crippen LogP contribution in [-0.4, -0.2) is 45.0 Å². The van der Waals surface area contributed by atoms with Gasteiger partial charge in [0.15, 0.2) is 0 Å². The fourth-order valence-electron chi connectivity index (χ4n) is 2.31.